The molecular formula is C10H14F3NO. The Labute approximate surface area is 86.5 Å². The number of furan rings is 1. The van der Waals surface area contributed by atoms with Crippen molar-refractivity contribution in [2.45, 2.75) is 33.0 Å². The molecular weight excluding hydrogens is 207 g/mol. The maximum absolute atomic E-state index is 12.4. The Morgan fingerprint density at radius 2 is 2.07 bits per heavy atom. The summed E-state index contributed by atoms with van der Waals surface area (Å²) in [7, 11) is 0. The van der Waals surface area contributed by atoms with Crippen LogP contribution in [0.25, 0.3) is 0 Å². The molecule has 2 nitrogen and oxygen atoms in total. The highest BCUT2D eigenvalue weighted by atomic mass is 19.4. The summed E-state index contributed by atoms with van der Waals surface area (Å²) < 4.78 is 42.0. The van der Waals surface area contributed by atoms with Crippen LogP contribution in [0.5, 0.6) is 0 Å². The second-order valence-corrected chi connectivity index (χ2v) is 3.39. The lowest BCUT2D eigenvalue weighted by Crippen LogP contribution is -2.16. The van der Waals surface area contributed by atoms with Crippen LogP contribution in [0.3, 0.4) is 0 Å². The van der Waals surface area contributed by atoms with Gasteiger partial charge in [0.25, 0.3) is 0 Å². The van der Waals surface area contributed by atoms with Gasteiger partial charge in [0.2, 0.25) is 5.76 Å². The van der Waals surface area contributed by atoms with E-state index in [0.717, 1.165) is 6.42 Å². The first-order valence-electron chi connectivity index (χ1n) is 4.82. The Balaban J connectivity index is 2.78. The molecule has 1 rings (SSSR count). The van der Waals surface area contributed by atoms with Gasteiger partial charge in [-0.3, -0.25) is 0 Å². The quantitative estimate of drug-likeness (QED) is 0.790. The monoisotopic (exact) mass is 221 g/mol. The van der Waals surface area contributed by atoms with Crippen molar-refractivity contribution in [3.05, 3.63) is 23.2 Å². The number of alkyl halides is 3. The highest BCUT2D eigenvalue weighted by molar-refractivity contribution is 5.23. The SMILES string of the molecule is CCCNCc1cc(C)oc1C(F)(F)F. The Morgan fingerprint density at radius 3 is 2.60 bits per heavy atom. The van der Waals surface area contributed by atoms with E-state index in [4.69, 9.17) is 0 Å². The van der Waals surface area contributed by atoms with Crippen LogP contribution in [-0.4, -0.2) is 6.54 Å². The topological polar surface area (TPSA) is 25.2 Å². The van der Waals surface area contributed by atoms with Gasteiger partial charge in [-0.05, 0) is 26.0 Å². The maximum atomic E-state index is 12.4. The van der Waals surface area contributed by atoms with Crippen molar-refractivity contribution in [1.82, 2.24) is 5.32 Å². The van der Waals surface area contributed by atoms with Crippen LogP contribution >= 0.6 is 0 Å². The van der Waals surface area contributed by atoms with E-state index >= 15 is 0 Å². The summed E-state index contributed by atoms with van der Waals surface area (Å²) in [5.74, 6) is -0.598. The Morgan fingerprint density at radius 1 is 1.40 bits per heavy atom. The van der Waals surface area contributed by atoms with E-state index in [1.54, 1.807) is 0 Å². The van der Waals surface area contributed by atoms with E-state index in [0.29, 0.717) is 6.54 Å². The minimum absolute atomic E-state index is 0.174. The van der Waals surface area contributed by atoms with Crippen LogP contribution in [-0.2, 0) is 12.7 Å². The second-order valence-electron chi connectivity index (χ2n) is 3.39. The van der Waals surface area contributed by atoms with Gasteiger partial charge in [0, 0.05) is 12.1 Å². The fourth-order valence-electron chi connectivity index (χ4n) is 1.34. The highest BCUT2D eigenvalue weighted by Crippen LogP contribution is 2.33. The summed E-state index contributed by atoms with van der Waals surface area (Å²) in [6.45, 7) is 4.36. The molecule has 15 heavy (non-hydrogen) atoms. The van der Waals surface area contributed by atoms with Crippen molar-refractivity contribution in [2.24, 2.45) is 0 Å². The van der Waals surface area contributed by atoms with Crippen LogP contribution in [0.4, 0.5) is 13.2 Å². The zero-order valence-corrected chi connectivity index (χ0v) is 8.74. The normalized spacial score (nSPS) is 12.1. The summed E-state index contributed by atoms with van der Waals surface area (Å²) in [5, 5.41) is 2.92. The number of hydrogen-bond donors (Lipinski definition) is 1. The van der Waals surface area contributed by atoms with Crippen molar-refractivity contribution in [2.75, 3.05) is 6.54 Å². The van der Waals surface area contributed by atoms with Crippen LogP contribution in [0, 0.1) is 6.92 Å². The van der Waals surface area contributed by atoms with Gasteiger partial charge in [0.15, 0.2) is 0 Å². The minimum Gasteiger partial charge on any atom is -0.456 e. The third-order valence-electron chi connectivity index (χ3n) is 1.93. The summed E-state index contributed by atoms with van der Waals surface area (Å²) >= 11 is 0. The third-order valence-corrected chi connectivity index (χ3v) is 1.93. The molecule has 1 aromatic rings. The van der Waals surface area contributed by atoms with E-state index in [1.165, 1.54) is 13.0 Å². The molecule has 0 aliphatic rings. The average molecular weight is 221 g/mol. The molecule has 0 unspecified atom stereocenters. The summed E-state index contributed by atoms with van der Waals surface area (Å²) in [5.41, 5.74) is 0.174. The van der Waals surface area contributed by atoms with E-state index < -0.39 is 11.9 Å². The molecule has 0 fully saturated rings. The Kier molecular flexibility index (Phi) is 3.79. The molecule has 1 heterocycles. The molecule has 1 N–H and O–H groups in total. The summed E-state index contributed by atoms with van der Waals surface area (Å²) in [4.78, 5) is 0. The molecule has 0 saturated heterocycles. The number of rotatable bonds is 4. The van der Waals surface area contributed by atoms with Crippen LogP contribution in [0.15, 0.2) is 10.5 Å². The van der Waals surface area contributed by atoms with Crippen LogP contribution < -0.4 is 5.32 Å². The smallest absolute Gasteiger partial charge is 0.449 e. The first kappa shape index (κ1) is 12.1. The van der Waals surface area contributed by atoms with Crippen molar-refractivity contribution in [3.8, 4) is 0 Å². The standard InChI is InChI=1S/C10H14F3NO/c1-3-4-14-6-8-5-7(2)15-9(8)10(11,12)13/h5,14H,3-4,6H2,1-2H3. The van der Waals surface area contributed by atoms with Gasteiger partial charge in [-0.1, -0.05) is 6.92 Å². The van der Waals surface area contributed by atoms with Gasteiger partial charge in [0.05, 0.1) is 0 Å². The zero-order chi connectivity index (χ0) is 11.5. The molecule has 0 spiro atoms. The van der Waals surface area contributed by atoms with Gasteiger partial charge in [-0.15, -0.1) is 0 Å². The Hall–Kier alpha value is -0.970. The first-order chi connectivity index (χ1) is 6.95. The van der Waals surface area contributed by atoms with E-state index in [9.17, 15) is 13.2 Å². The molecule has 0 aliphatic heterocycles. The highest BCUT2D eigenvalue weighted by Gasteiger charge is 2.37. The molecule has 86 valence electrons. The number of halogens is 3. The first-order valence-corrected chi connectivity index (χ1v) is 4.82. The maximum Gasteiger partial charge on any atom is 0.449 e. The third kappa shape index (κ3) is 3.27. The zero-order valence-electron chi connectivity index (χ0n) is 8.74. The lowest BCUT2D eigenvalue weighted by Gasteiger charge is -2.06. The molecule has 0 aromatic carbocycles. The minimum atomic E-state index is -4.41. The molecule has 0 atom stereocenters. The molecule has 5 heteroatoms. The molecule has 0 saturated carbocycles. The Bertz CT molecular complexity index is 317. The van der Waals surface area contributed by atoms with Gasteiger partial charge >= 0.3 is 6.18 Å². The summed E-state index contributed by atoms with van der Waals surface area (Å²) in [6, 6.07) is 1.42. The average Bonchev–Trinajstić information content (AvgIpc) is 2.47. The molecule has 1 aromatic heterocycles. The van der Waals surface area contributed by atoms with Gasteiger partial charge in [0.1, 0.15) is 5.76 Å². The number of nitrogens with one attached hydrogen (secondary N) is 1. The van der Waals surface area contributed by atoms with Crippen molar-refractivity contribution in [1.29, 1.82) is 0 Å². The lowest BCUT2D eigenvalue weighted by molar-refractivity contribution is -0.154. The molecule has 0 bridgehead atoms. The fourth-order valence-corrected chi connectivity index (χ4v) is 1.34. The van der Waals surface area contributed by atoms with Crippen molar-refractivity contribution < 1.29 is 17.6 Å². The molecule has 0 radical (unpaired) electrons. The fraction of sp³-hybridized carbons (Fsp3) is 0.600. The van der Waals surface area contributed by atoms with Gasteiger partial charge in [-0.25, -0.2) is 0 Å². The lowest BCUT2D eigenvalue weighted by atomic mass is 10.2. The van der Waals surface area contributed by atoms with Crippen molar-refractivity contribution >= 4 is 0 Å². The van der Waals surface area contributed by atoms with Crippen LogP contribution in [0.1, 0.15) is 30.4 Å². The van der Waals surface area contributed by atoms with E-state index in [2.05, 4.69) is 9.73 Å². The largest absolute Gasteiger partial charge is 0.456 e. The van der Waals surface area contributed by atoms with Gasteiger partial charge in [-0.2, -0.15) is 13.2 Å². The predicted molar refractivity (Wildman–Crippen MR) is 50.4 cm³/mol. The molecule has 0 amide bonds. The van der Waals surface area contributed by atoms with Crippen molar-refractivity contribution in [3.63, 3.8) is 0 Å². The number of hydrogen-bond acceptors (Lipinski definition) is 2. The van der Waals surface area contributed by atoms with E-state index in [1.807, 2.05) is 6.92 Å². The molecule has 0 aliphatic carbocycles. The number of aryl methyl sites for hydroxylation is 1. The predicted octanol–water partition coefficient (Wildman–Crippen LogP) is 3.11. The van der Waals surface area contributed by atoms with Crippen LogP contribution in [0.2, 0.25) is 0 Å². The van der Waals surface area contributed by atoms with Gasteiger partial charge < -0.3 is 9.73 Å². The van der Waals surface area contributed by atoms with E-state index in [-0.39, 0.29) is 17.9 Å². The summed E-state index contributed by atoms with van der Waals surface area (Å²) in [6.07, 6.45) is -3.52. The second kappa shape index (κ2) is 4.70.